The third kappa shape index (κ3) is 6.41. The second kappa shape index (κ2) is 10.9. The lowest BCUT2D eigenvalue weighted by atomic mass is 9.84. The van der Waals surface area contributed by atoms with Crippen LogP contribution in [0.1, 0.15) is 58.1 Å². The molecule has 0 radical (unpaired) electrons. The molecule has 0 heterocycles. The highest BCUT2D eigenvalue weighted by molar-refractivity contribution is 5.80. The molecule has 0 fully saturated rings. The second-order valence-corrected chi connectivity index (χ2v) is 10.6. The Balaban J connectivity index is 1.61. The molecule has 7 heteroatoms. The number of carbonyl (C=O) groups excluding carboxylic acids is 2. The molecule has 0 saturated heterocycles. The molecule has 1 aliphatic carbocycles. The highest BCUT2D eigenvalue weighted by atomic mass is 16.5. The summed E-state index contributed by atoms with van der Waals surface area (Å²) < 4.78 is 5.65. The first-order valence-electron chi connectivity index (χ1n) is 12.1. The number of benzene rings is 2. The number of hydrogen-bond donors (Lipinski definition) is 3. The van der Waals surface area contributed by atoms with Crippen molar-refractivity contribution in [3.63, 3.8) is 0 Å². The van der Waals surface area contributed by atoms with Crippen LogP contribution in [0.2, 0.25) is 0 Å². The SMILES string of the molecule is CC(C)C(CNC(=O)CC(NC(=O)OCC1c2ccccc2-c2ccccc21)C(C)(C)C)C(=O)O. The number of ether oxygens (including phenoxy) is 1. The van der Waals surface area contributed by atoms with E-state index in [0.717, 1.165) is 22.3 Å². The van der Waals surface area contributed by atoms with E-state index in [4.69, 9.17) is 4.74 Å². The Morgan fingerprint density at radius 1 is 0.971 bits per heavy atom. The molecular formula is C28H36N2O5. The summed E-state index contributed by atoms with van der Waals surface area (Å²) in [6, 6.07) is 15.8. The Bertz CT molecular complexity index is 1030. The number of rotatable bonds is 9. The molecule has 0 saturated carbocycles. The summed E-state index contributed by atoms with van der Waals surface area (Å²) >= 11 is 0. The van der Waals surface area contributed by atoms with Gasteiger partial charge in [0.2, 0.25) is 5.91 Å². The molecule has 7 nitrogen and oxygen atoms in total. The number of carboxylic acid groups (broad SMARTS) is 1. The van der Waals surface area contributed by atoms with E-state index in [0.29, 0.717) is 0 Å². The maximum Gasteiger partial charge on any atom is 0.407 e. The minimum Gasteiger partial charge on any atom is -0.481 e. The van der Waals surface area contributed by atoms with E-state index in [1.807, 2.05) is 58.9 Å². The second-order valence-electron chi connectivity index (χ2n) is 10.6. The van der Waals surface area contributed by atoms with Gasteiger partial charge in [-0.05, 0) is 33.6 Å². The summed E-state index contributed by atoms with van der Waals surface area (Å²) in [7, 11) is 0. The van der Waals surface area contributed by atoms with Gasteiger partial charge in [-0.2, -0.15) is 0 Å². The van der Waals surface area contributed by atoms with E-state index in [1.165, 1.54) is 0 Å². The fourth-order valence-corrected chi connectivity index (χ4v) is 4.45. The third-order valence-electron chi connectivity index (χ3n) is 6.71. The van der Waals surface area contributed by atoms with Gasteiger partial charge in [0.25, 0.3) is 0 Å². The summed E-state index contributed by atoms with van der Waals surface area (Å²) in [5.74, 6) is -2.07. The molecule has 2 unspecified atom stereocenters. The number of aliphatic carboxylic acids is 1. The topological polar surface area (TPSA) is 105 Å². The zero-order chi connectivity index (χ0) is 25.8. The van der Waals surface area contributed by atoms with E-state index in [1.54, 1.807) is 0 Å². The number of alkyl carbamates (subject to hydrolysis) is 1. The van der Waals surface area contributed by atoms with Crippen LogP contribution in [-0.4, -0.2) is 42.3 Å². The van der Waals surface area contributed by atoms with Gasteiger partial charge in [-0.15, -0.1) is 0 Å². The van der Waals surface area contributed by atoms with Crippen molar-refractivity contribution in [2.45, 2.75) is 53.0 Å². The van der Waals surface area contributed by atoms with Crippen LogP contribution >= 0.6 is 0 Å². The lowest BCUT2D eigenvalue weighted by Crippen LogP contribution is -2.47. The van der Waals surface area contributed by atoms with Crippen LogP contribution < -0.4 is 10.6 Å². The first-order valence-corrected chi connectivity index (χ1v) is 12.1. The van der Waals surface area contributed by atoms with E-state index >= 15 is 0 Å². The van der Waals surface area contributed by atoms with Gasteiger partial charge in [0.05, 0.1) is 5.92 Å². The monoisotopic (exact) mass is 480 g/mol. The predicted octanol–water partition coefficient (Wildman–Crippen LogP) is 4.80. The largest absolute Gasteiger partial charge is 0.481 e. The first kappa shape index (κ1) is 26.3. The Labute approximate surface area is 207 Å². The summed E-state index contributed by atoms with van der Waals surface area (Å²) in [6.45, 7) is 9.66. The quantitative estimate of drug-likeness (QED) is 0.478. The van der Waals surface area contributed by atoms with Crippen molar-refractivity contribution in [3.05, 3.63) is 59.7 Å². The standard InChI is InChI=1S/C28H36N2O5/c1-17(2)22(26(32)33)15-29-25(31)14-24(28(3,4)5)30-27(34)35-16-23-20-12-8-6-10-18(20)19-11-7-9-13-21(19)23/h6-13,17,22-24H,14-16H2,1-5H3,(H,29,31)(H,30,34)(H,32,33). The molecule has 188 valence electrons. The molecule has 3 rings (SSSR count). The van der Waals surface area contributed by atoms with Gasteiger partial charge in [0, 0.05) is 24.9 Å². The molecule has 2 atom stereocenters. The molecule has 1 aliphatic rings. The van der Waals surface area contributed by atoms with Crippen LogP contribution in [0.5, 0.6) is 0 Å². The van der Waals surface area contributed by atoms with Crippen molar-refractivity contribution in [1.82, 2.24) is 10.6 Å². The van der Waals surface area contributed by atoms with Crippen LogP contribution in [0.4, 0.5) is 4.79 Å². The zero-order valence-electron chi connectivity index (χ0n) is 21.1. The number of carbonyl (C=O) groups is 3. The number of hydrogen-bond acceptors (Lipinski definition) is 4. The highest BCUT2D eigenvalue weighted by Gasteiger charge is 2.32. The van der Waals surface area contributed by atoms with Crippen LogP contribution in [0.3, 0.4) is 0 Å². The van der Waals surface area contributed by atoms with Gasteiger partial charge in [-0.3, -0.25) is 9.59 Å². The molecule has 3 N–H and O–H groups in total. The highest BCUT2D eigenvalue weighted by Crippen LogP contribution is 2.44. The molecular weight excluding hydrogens is 444 g/mol. The number of amides is 2. The molecule has 2 aromatic rings. The molecule has 0 bridgehead atoms. The van der Waals surface area contributed by atoms with E-state index in [-0.39, 0.29) is 37.3 Å². The Morgan fingerprint density at radius 3 is 2.00 bits per heavy atom. The molecule has 0 aliphatic heterocycles. The summed E-state index contributed by atoms with van der Waals surface area (Å²) in [4.78, 5) is 36.7. The molecule has 0 spiro atoms. The Hall–Kier alpha value is -3.35. The first-order chi connectivity index (χ1) is 16.5. The van der Waals surface area contributed by atoms with Crippen LogP contribution in [0.15, 0.2) is 48.5 Å². The molecule has 0 aromatic heterocycles. The fraction of sp³-hybridized carbons (Fsp3) is 0.464. The number of nitrogens with one attached hydrogen (secondary N) is 2. The number of fused-ring (bicyclic) bond motifs is 3. The lowest BCUT2D eigenvalue weighted by Gasteiger charge is -2.31. The van der Waals surface area contributed by atoms with Crippen LogP contribution in [0.25, 0.3) is 11.1 Å². The van der Waals surface area contributed by atoms with Crippen molar-refractivity contribution in [2.24, 2.45) is 17.3 Å². The smallest absolute Gasteiger partial charge is 0.407 e. The van der Waals surface area contributed by atoms with Gasteiger partial charge in [0.15, 0.2) is 0 Å². The van der Waals surface area contributed by atoms with Gasteiger partial charge in [0.1, 0.15) is 6.61 Å². The molecule has 2 aromatic carbocycles. The average molecular weight is 481 g/mol. The third-order valence-corrected chi connectivity index (χ3v) is 6.71. The maximum absolute atomic E-state index is 12.8. The van der Waals surface area contributed by atoms with Crippen molar-refractivity contribution in [2.75, 3.05) is 13.2 Å². The average Bonchev–Trinajstić information content (AvgIpc) is 3.10. The Morgan fingerprint density at radius 2 is 1.51 bits per heavy atom. The van der Waals surface area contributed by atoms with Crippen molar-refractivity contribution < 1.29 is 24.2 Å². The lowest BCUT2D eigenvalue weighted by molar-refractivity contribution is -0.143. The molecule has 35 heavy (non-hydrogen) atoms. The van der Waals surface area contributed by atoms with E-state index in [2.05, 4.69) is 34.9 Å². The maximum atomic E-state index is 12.8. The van der Waals surface area contributed by atoms with Gasteiger partial charge >= 0.3 is 12.1 Å². The minimum absolute atomic E-state index is 0.0259. The molecule has 2 amide bonds. The van der Waals surface area contributed by atoms with Gasteiger partial charge in [-0.1, -0.05) is 83.1 Å². The van der Waals surface area contributed by atoms with E-state index in [9.17, 15) is 19.5 Å². The van der Waals surface area contributed by atoms with E-state index < -0.39 is 29.4 Å². The van der Waals surface area contributed by atoms with Gasteiger partial charge in [-0.25, -0.2) is 4.79 Å². The van der Waals surface area contributed by atoms with Gasteiger partial charge < -0.3 is 20.5 Å². The summed E-state index contributed by atoms with van der Waals surface area (Å²) in [6.07, 6.45) is -0.553. The zero-order valence-corrected chi connectivity index (χ0v) is 21.1. The van der Waals surface area contributed by atoms with Crippen molar-refractivity contribution in [1.29, 1.82) is 0 Å². The Kier molecular flexibility index (Phi) is 8.20. The number of carboxylic acids is 1. The predicted molar refractivity (Wildman–Crippen MR) is 135 cm³/mol. The van der Waals surface area contributed by atoms with Crippen LogP contribution in [0, 0.1) is 17.3 Å². The summed E-state index contributed by atoms with van der Waals surface area (Å²) in [5, 5.41) is 14.9. The van der Waals surface area contributed by atoms with Crippen molar-refractivity contribution >= 4 is 18.0 Å². The normalized spacial score (nSPS) is 14.6. The van der Waals surface area contributed by atoms with Crippen molar-refractivity contribution in [3.8, 4) is 11.1 Å². The minimum atomic E-state index is -0.940. The summed E-state index contributed by atoms with van der Waals surface area (Å²) in [5.41, 5.74) is 4.16. The fourth-order valence-electron chi connectivity index (χ4n) is 4.45. The van der Waals surface area contributed by atoms with Crippen LogP contribution in [-0.2, 0) is 14.3 Å².